The maximum absolute atomic E-state index is 12.9. The summed E-state index contributed by atoms with van der Waals surface area (Å²) in [6.07, 6.45) is -0.517. The first-order valence-electron chi connectivity index (χ1n) is 10.7. The molecule has 1 fully saturated rings. The zero-order chi connectivity index (χ0) is 21.8. The molecule has 1 saturated heterocycles. The average Bonchev–Trinajstić information content (AvgIpc) is 2.82. The Kier molecular flexibility index (Phi) is 6.16. The summed E-state index contributed by atoms with van der Waals surface area (Å²) in [5.74, 6) is 1.63. The summed E-state index contributed by atoms with van der Waals surface area (Å²) in [7, 11) is 0. The van der Waals surface area contributed by atoms with Crippen molar-refractivity contribution in [1.82, 2.24) is 15.1 Å². The largest absolute Gasteiger partial charge is 0.481 e. The van der Waals surface area contributed by atoms with Crippen molar-refractivity contribution in [2.75, 3.05) is 31.1 Å². The number of nitrogens with zero attached hydrogens (tertiary/aromatic N) is 4. The molecule has 6 heteroatoms. The summed E-state index contributed by atoms with van der Waals surface area (Å²) in [4.78, 5) is 16.9. The van der Waals surface area contributed by atoms with Crippen molar-refractivity contribution in [3.8, 4) is 17.0 Å². The highest BCUT2D eigenvalue weighted by atomic mass is 16.5. The molecule has 1 amide bonds. The second-order valence-electron chi connectivity index (χ2n) is 7.91. The molecule has 1 aliphatic heterocycles. The number of anilines is 1. The smallest absolute Gasteiger partial charge is 0.263 e. The zero-order valence-electron chi connectivity index (χ0n) is 18.3. The Morgan fingerprint density at radius 3 is 2.32 bits per heavy atom. The average molecular weight is 417 g/mol. The van der Waals surface area contributed by atoms with Crippen LogP contribution in [0.2, 0.25) is 0 Å². The number of hydrogen-bond acceptors (Lipinski definition) is 5. The van der Waals surface area contributed by atoms with Gasteiger partial charge in [0.05, 0.1) is 5.69 Å². The van der Waals surface area contributed by atoms with Crippen LogP contribution < -0.4 is 9.64 Å². The Labute approximate surface area is 183 Å². The van der Waals surface area contributed by atoms with Crippen LogP contribution >= 0.6 is 0 Å². The van der Waals surface area contributed by atoms with Crippen LogP contribution in [0.4, 0.5) is 5.82 Å². The lowest BCUT2D eigenvalue weighted by Crippen LogP contribution is -2.52. The van der Waals surface area contributed by atoms with Crippen molar-refractivity contribution in [3.05, 3.63) is 71.8 Å². The van der Waals surface area contributed by atoms with Gasteiger partial charge in [-0.15, -0.1) is 10.2 Å². The van der Waals surface area contributed by atoms with E-state index < -0.39 is 6.10 Å². The van der Waals surface area contributed by atoms with Gasteiger partial charge in [0.25, 0.3) is 5.91 Å². The molecule has 6 nitrogen and oxygen atoms in total. The monoisotopic (exact) mass is 416 g/mol. The fourth-order valence-corrected chi connectivity index (χ4v) is 3.76. The quantitative estimate of drug-likeness (QED) is 0.632. The van der Waals surface area contributed by atoms with Gasteiger partial charge in [0.2, 0.25) is 0 Å². The highest BCUT2D eigenvalue weighted by Gasteiger charge is 2.27. The predicted octanol–water partition coefficient (Wildman–Crippen LogP) is 3.88. The first-order chi connectivity index (χ1) is 15.0. The van der Waals surface area contributed by atoms with Gasteiger partial charge in [0, 0.05) is 31.7 Å². The molecule has 0 N–H and O–H groups in total. The molecule has 1 unspecified atom stereocenters. The van der Waals surface area contributed by atoms with Crippen LogP contribution in [0, 0.1) is 13.8 Å². The molecule has 1 atom stereocenters. The van der Waals surface area contributed by atoms with Crippen molar-refractivity contribution in [2.45, 2.75) is 26.9 Å². The maximum atomic E-state index is 12.9. The Balaban J connectivity index is 1.33. The van der Waals surface area contributed by atoms with E-state index in [4.69, 9.17) is 4.74 Å². The minimum Gasteiger partial charge on any atom is -0.481 e. The van der Waals surface area contributed by atoms with Crippen LogP contribution in [-0.4, -0.2) is 53.3 Å². The van der Waals surface area contributed by atoms with Crippen LogP contribution in [0.1, 0.15) is 18.1 Å². The van der Waals surface area contributed by atoms with E-state index >= 15 is 0 Å². The van der Waals surface area contributed by atoms with E-state index in [1.54, 1.807) is 0 Å². The maximum Gasteiger partial charge on any atom is 0.263 e. The molecule has 3 aromatic rings. The number of carbonyl (C=O) groups is 1. The van der Waals surface area contributed by atoms with Crippen molar-refractivity contribution < 1.29 is 9.53 Å². The minimum absolute atomic E-state index is 0.0195. The van der Waals surface area contributed by atoms with E-state index in [0.29, 0.717) is 13.1 Å². The second kappa shape index (κ2) is 9.16. The number of piperazine rings is 1. The normalized spacial score (nSPS) is 14.9. The standard InChI is InChI=1S/C25H28N4O2/c1-18-8-7-11-23(19(18)2)31-20(3)25(30)29-16-14-28(15-17-29)24-13-12-22(26-27-24)21-9-5-4-6-10-21/h4-13,20H,14-17H2,1-3H3. The van der Waals surface area contributed by atoms with Crippen molar-refractivity contribution >= 4 is 11.7 Å². The lowest BCUT2D eigenvalue weighted by Gasteiger charge is -2.36. The Hall–Kier alpha value is -3.41. The number of hydrogen-bond donors (Lipinski definition) is 0. The van der Waals surface area contributed by atoms with Gasteiger partial charge in [-0.1, -0.05) is 42.5 Å². The number of aromatic nitrogens is 2. The Morgan fingerprint density at radius 1 is 0.903 bits per heavy atom. The summed E-state index contributed by atoms with van der Waals surface area (Å²) in [6, 6.07) is 19.9. The van der Waals surface area contributed by atoms with Gasteiger partial charge < -0.3 is 14.5 Å². The van der Waals surface area contributed by atoms with Crippen LogP contribution in [-0.2, 0) is 4.79 Å². The molecule has 2 aromatic carbocycles. The SMILES string of the molecule is Cc1cccc(OC(C)C(=O)N2CCN(c3ccc(-c4ccccc4)nn3)CC2)c1C. The van der Waals surface area contributed by atoms with Crippen LogP contribution in [0.3, 0.4) is 0 Å². The van der Waals surface area contributed by atoms with E-state index in [-0.39, 0.29) is 5.91 Å². The number of ether oxygens (including phenoxy) is 1. The molecule has 0 aliphatic carbocycles. The minimum atomic E-state index is -0.517. The van der Waals surface area contributed by atoms with E-state index in [1.807, 2.05) is 86.3 Å². The topological polar surface area (TPSA) is 58.6 Å². The number of carbonyl (C=O) groups excluding carboxylic acids is 1. The Morgan fingerprint density at radius 2 is 1.65 bits per heavy atom. The van der Waals surface area contributed by atoms with Gasteiger partial charge in [-0.05, 0) is 50.1 Å². The van der Waals surface area contributed by atoms with Crippen LogP contribution in [0.15, 0.2) is 60.7 Å². The fourth-order valence-electron chi connectivity index (χ4n) is 3.76. The van der Waals surface area contributed by atoms with Gasteiger partial charge in [-0.2, -0.15) is 0 Å². The fraction of sp³-hybridized carbons (Fsp3) is 0.320. The van der Waals surface area contributed by atoms with E-state index in [0.717, 1.165) is 47.0 Å². The number of rotatable bonds is 5. The third-order valence-corrected chi connectivity index (χ3v) is 5.84. The Bertz CT molecular complexity index is 1030. The molecule has 0 radical (unpaired) electrons. The van der Waals surface area contributed by atoms with Crippen molar-refractivity contribution in [3.63, 3.8) is 0 Å². The van der Waals surface area contributed by atoms with Crippen LogP contribution in [0.5, 0.6) is 5.75 Å². The predicted molar refractivity (Wildman–Crippen MR) is 122 cm³/mol. The van der Waals surface area contributed by atoms with Gasteiger partial charge >= 0.3 is 0 Å². The molecule has 0 spiro atoms. The highest BCUT2D eigenvalue weighted by Crippen LogP contribution is 2.23. The van der Waals surface area contributed by atoms with E-state index in [1.165, 1.54) is 0 Å². The van der Waals surface area contributed by atoms with Crippen LogP contribution in [0.25, 0.3) is 11.3 Å². The molecule has 1 aromatic heterocycles. The number of amides is 1. The third-order valence-electron chi connectivity index (χ3n) is 5.84. The summed E-state index contributed by atoms with van der Waals surface area (Å²) in [6.45, 7) is 8.61. The molecular formula is C25H28N4O2. The first-order valence-corrected chi connectivity index (χ1v) is 10.7. The summed E-state index contributed by atoms with van der Waals surface area (Å²) in [5.41, 5.74) is 4.14. The number of aryl methyl sites for hydroxylation is 1. The third kappa shape index (κ3) is 4.68. The molecule has 4 rings (SSSR count). The van der Waals surface area contributed by atoms with E-state index in [9.17, 15) is 4.79 Å². The first kappa shape index (κ1) is 20.8. The summed E-state index contributed by atoms with van der Waals surface area (Å²) >= 11 is 0. The van der Waals surface area contributed by atoms with Gasteiger partial charge in [-0.3, -0.25) is 4.79 Å². The zero-order valence-corrected chi connectivity index (χ0v) is 18.3. The number of benzene rings is 2. The molecule has 1 aliphatic rings. The second-order valence-corrected chi connectivity index (χ2v) is 7.91. The van der Waals surface area contributed by atoms with Gasteiger partial charge in [0.15, 0.2) is 11.9 Å². The van der Waals surface area contributed by atoms with E-state index in [2.05, 4.69) is 15.1 Å². The van der Waals surface area contributed by atoms with Gasteiger partial charge in [-0.25, -0.2) is 0 Å². The summed E-state index contributed by atoms with van der Waals surface area (Å²) in [5, 5.41) is 8.78. The molecule has 0 saturated carbocycles. The summed E-state index contributed by atoms with van der Waals surface area (Å²) < 4.78 is 5.98. The molecule has 2 heterocycles. The van der Waals surface area contributed by atoms with Crippen molar-refractivity contribution in [2.24, 2.45) is 0 Å². The van der Waals surface area contributed by atoms with Crippen molar-refractivity contribution in [1.29, 1.82) is 0 Å². The molecule has 0 bridgehead atoms. The highest BCUT2D eigenvalue weighted by molar-refractivity contribution is 5.81. The molecule has 160 valence electrons. The molecular weight excluding hydrogens is 388 g/mol. The van der Waals surface area contributed by atoms with Gasteiger partial charge in [0.1, 0.15) is 5.75 Å². The lowest BCUT2D eigenvalue weighted by atomic mass is 10.1. The molecule has 31 heavy (non-hydrogen) atoms. The lowest BCUT2D eigenvalue weighted by molar-refractivity contribution is -0.138.